The number of halogens is 1. The van der Waals surface area contributed by atoms with Gasteiger partial charge in [-0.05, 0) is 68.3 Å². The summed E-state index contributed by atoms with van der Waals surface area (Å²) < 4.78 is 13.1. The van der Waals surface area contributed by atoms with Gasteiger partial charge in [0.15, 0.2) is 0 Å². The van der Waals surface area contributed by atoms with E-state index in [2.05, 4.69) is 19.2 Å². The molecule has 1 aliphatic rings. The Kier molecular flexibility index (Phi) is 4.16. The summed E-state index contributed by atoms with van der Waals surface area (Å²) >= 11 is 0. The third-order valence-electron chi connectivity index (χ3n) is 3.84. The van der Waals surface area contributed by atoms with Crippen LogP contribution in [0.3, 0.4) is 0 Å². The molecule has 0 amide bonds. The van der Waals surface area contributed by atoms with Crippen molar-refractivity contribution in [1.29, 1.82) is 0 Å². The minimum absolute atomic E-state index is 0.115. The summed E-state index contributed by atoms with van der Waals surface area (Å²) in [5, 5.41) is 3.58. The van der Waals surface area contributed by atoms with Crippen molar-refractivity contribution >= 4 is 0 Å². The average Bonchev–Trinajstić information content (AvgIpc) is 2.32. The Labute approximate surface area is 103 Å². The van der Waals surface area contributed by atoms with Crippen molar-refractivity contribution in [1.82, 2.24) is 5.32 Å². The van der Waals surface area contributed by atoms with Crippen LogP contribution in [0.2, 0.25) is 0 Å². The number of benzene rings is 1. The van der Waals surface area contributed by atoms with Crippen LogP contribution in [-0.4, -0.2) is 12.6 Å². The van der Waals surface area contributed by atoms with Gasteiger partial charge in [0.25, 0.3) is 0 Å². The number of aryl methyl sites for hydroxylation is 2. The van der Waals surface area contributed by atoms with Gasteiger partial charge >= 0.3 is 0 Å². The molecule has 1 fully saturated rings. The van der Waals surface area contributed by atoms with Crippen LogP contribution in [0.1, 0.15) is 37.3 Å². The molecule has 1 heterocycles. The van der Waals surface area contributed by atoms with E-state index >= 15 is 0 Å². The second-order valence-corrected chi connectivity index (χ2v) is 5.40. The molecule has 2 unspecified atom stereocenters. The summed E-state index contributed by atoms with van der Waals surface area (Å²) in [6.07, 6.45) is 4.68. The molecule has 0 aliphatic carbocycles. The van der Waals surface area contributed by atoms with Gasteiger partial charge in [-0.25, -0.2) is 4.39 Å². The first-order valence-electron chi connectivity index (χ1n) is 6.63. The molecule has 94 valence electrons. The second kappa shape index (κ2) is 5.63. The van der Waals surface area contributed by atoms with Crippen LogP contribution in [0.15, 0.2) is 18.2 Å². The summed E-state index contributed by atoms with van der Waals surface area (Å²) in [6.45, 7) is 5.48. The zero-order chi connectivity index (χ0) is 12.3. The Morgan fingerprint density at radius 3 is 2.88 bits per heavy atom. The fraction of sp³-hybridized carbons (Fsp3) is 0.600. The Morgan fingerprint density at radius 2 is 2.18 bits per heavy atom. The molecule has 1 nitrogen and oxygen atoms in total. The highest BCUT2D eigenvalue weighted by Gasteiger charge is 2.17. The summed E-state index contributed by atoms with van der Waals surface area (Å²) in [4.78, 5) is 0. The van der Waals surface area contributed by atoms with E-state index in [1.165, 1.54) is 18.4 Å². The quantitative estimate of drug-likeness (QED) is 0.846. The van der Waals surface area contributed by atoms with Gasteiger partial charge in [0.2, 0.25) is 0 Å². The predicted molar refractivity (Wildman–Crippen MR) is 69.6 cm³/mol. The largest absolute Gasteiger partial charge is 0.314 e. The first kappa shape index (κ1) is 12.6. The van der Waals surface area contributed by atoms with E-state index in [0.29, 0.717) is 6.04 Å². The van der Waals surface area contributed by atoms with E-state index in [4.69, 9.17) is 0 Å². The van der Waals surface area contributed by atoms with Gasteiger partial charge in [0.1, 0.15) is 5.82 Å². The molecular weight excluding hydrogens is 213 g/mol. The minimum Gasteiger partial charge on any atom is -0.314 e. The van der Waals surface area contributed by atoms with Gasteiger partial charge < -0.3 is 5.32 Å². The van der Waals surface area contributed by atoms with Crippen LogP contribution in [0.5, 0.6) is 0 Å². The number of hydrogen-bond donors (Lipinski definition) is 1. The topological polar surface area (TPSA) is 12.0 Å². The SMILES string of the molecule is Cc1ccc(F)cc1CCC1CCC(C)CN1. The molecule has 0 aromatic heterocycles. The van der Waals surface area contributed by atoms with E-state index in [-0.39, 0.29) is 5.82 Å². The van der Waals surface area contributed by atoms with Crippen LogP contribution in [-0.2, 0) is 6.42 Å². The highest BCUT2D eigenvalue weighted by Crippen LogP contribution is 2.19. The molecule has 1 aromatic carbocycles. The lowest BCUT2D eigenvalue weighted by Gasteiger charge is -2.28. The van der Waals surface area contributed by atoms with Crippen molar-refractivity contribution in [3.63, 3.8) is 0 Å². The van der Waals surface area contributed by atoms with Crippen LogP contribution in [0, 0.1) is 18.7 Å². The van der Waals surface area contributed by atoms with Crippen molar-refractivity contribution < 1.29 is 4.39 Å². The predicted octanol–water partition coefficient (Wildman–Crippen LogP) is 3.45. The smallest absolute Gasteiger partial charge is 0.123 e. The van der Waals surface area contributed by atoms with Crippen molar-refractivity contribution in [2.75, 3.05) is 6.54 Å². The maximum atomic E-state index is 13.1. The first-order chi connectivity index (χ1) is 8.15. The third-order valence-corrected chi connectivity index (χ3v) is 3.84. The van der Waals surface area contributed by atoms with E-state index < -0.39 is 0 Å². The molecule has 0 spiro atoms. The lowest BCUT2D eigenvalue weighted by Crippen LogP contribution is -2.38. The maximum absolute atomic E-state index is 13.1. The molecule has 1 N–H and O–H groups in total. The molecule has 0 radical (unpaired) electrons. The Hall–Kier alpha value is -0.890. The van der Waals surface area contributed by atoms with Crippen molar-refractivity contribution in [2.24, 2.45) is 5.92 Å². The fourth-order valence-electron chi connectivity index (χ4n) is 2.54. The lowest BCUT2D eigenvalue weighted by atomic mass is 9.92. The van der Waals surface area contributed by atoms with Gasteiger partial charge in [-0.15, -0.1) is 0 Å². The zero-order valence-corrected chi connectivity index (χ0v) is 10.8. The number of piperidine rings is 1. The molecule has 1 aliphatic heterocycles. The number of nitrogens with one attached hydrogen (secondary N) is 1. The molecule has 0 saturated carbocycles. The standard InChI is InChI=1S/C15H22FN/c1-11-3-7-15(17-10-11)8-5-13-9-14(16)6-4-12(13)2/h4,6,9,11,15,17H,3,5,7-8,10H2,1-2H3. The second-order valence-electron chi connectivity index (χ2n) is 5.40. The van der Waals surface area contributed by atoms with Crippen LogP contribution < -0.4 is 5.32 Å². The van der Waals surface area contributed by atoms with Crippen LogP contribution in [0.25, 0.3) is 0 Å². The lowest BCUT2D eigenvalue weighted by molar-refractivity contribution is 0.316. The van der Waals surface area contributed by atoms with Gasteiger partial charge in [0, 0.05) is 6.04 Å². The van der Waals surface area contributed by atoms with Gasteiger partial charge in [-0.3, -0.25) is 0 Å². The molecule has 1 aromatic rings. The number of hydrogen-bond acceptors (Lipinski definition) is 1. The highest BCUT2D eigenvalue weighted by molar-refractivity contribution is 5.26. The molecule has 2 atom stereocenters. The van der Waals surface area contributed by atoms with Crippen molar-refractivity contribution in [2.45, 2.75) is 45.6 Å². The fourth-order valence-corrected chi connectivity index (χ4v) is 2.54. The van der Waals surface area contributed by atoms with Gasteiger partial charge in [-0.2, -0.15) is 0 Å². The Balaban J connectivity index is 1.87. The highest BCUT2D eigenvalue weighted by atomic mass is 19.1. The average molecular weight is 235 g/mol. The molecule has 2 heteroatoms. The monoisotopic (exact) mass is 235 g/mol. The maximum Gasteiger partial charge on any atom is 0.123 e. The van der Waals surface area contributed by atoms with Crippen molar-refractivity contribution in [3.05, 3.63) is 35.1 Å². The van der Waals surface area contributed by atoms with E-state index in [1.54, 1.807) is 12.1 Å². The zero-order valence-electron chi connectivity index (χ0n) is 10.8. The van der Waals surface area contributed by atoms with Crippen LogP contribution in [0.4, 0.5) is 4.39 Å². The van der Waals surface area contributed by atoms with E-state index in [9.17, 15) is 4.39 Å². The molecular formula is C15H22FN. The minimum atomic E-state index is -0.115. The molecule has 2 rings (SSSR count). The van der Waals surface area contributed by atoms with Crippen LogP contribution >= 0.6 is 0 Å². The molecule has 0 bridgehead atoms. The first-order valence-corrected chi connectivity index (χ1v) is 6.63. The third kappa shape index (κ3) is 3.53. The Bertz CT molecular complexity index is 367. The normalized spacial score (nSPS) is 24.9. The molecule has 17 heavy (non-hydrogen) atoms. The van der Waals surface area contributed by atoms with E-state index in [1.807, 2.05) is 6.07 Å². The summed E-state index contributed by atoms with van der Waals surface area (Å²) in [5.74, 6) is 0.693. The summed E-state index contributed by atoms with van der Waals surface area (Å²) in [5.41, 5.74) is 2.36. The number of rotatable bonds is 3. The van der Waals surface area contributed by atoms with E-state index in [0.717, 1.165) is 30.9 Å². The summed E-state index contributed by atoms with van der Waals surface area (Å²) in [7, 11) is 0. The molecule has 1 saturated heterocycles. The summed E-state index contributed by atoms with van der Waals surface area (Å²) in [6, 6.07) is 5.72. The van der Waals surface area contributed by atoms with Crippen molar-refractivity contribution in [3.8, 4) is 0 Å². The Morgan fingerprint density at radius 1 is 1.35 bits per heavy atom. The van der Waals surface area contributed by atoms with Gasteiger partial charge in [-0.1, -0.05) is 13.0 Å². The van der Waals surface area contributed by atoms with Gasteiger partial charge in [0.05, 0.1) is 0 Å².